The average Bonchev–Trinajstić information content (AvgIpc) is 3.26. The van der Waals surface area contributed by atoms with Crippen LogP contribution in [0.5, 0.6) is 0 Å². The summed E-state index contributed by atoms with van der Waals surface area (Å²) in [6.45, 7) is 4.13. The van der Waals surface area contributed by atoms with Crippen molar-refractivity contribution in [2.45, 2.75) is 45.3 Å². The smallest absolute Gasteiger partial charge is 0.269 e. The molecule has 2 aromatic heterocycles. The number of nitrogens with zero attached hydrogens (tertiary/aromatic N) is 2. The van der Waals surface area contributed by atoms with E-state index in [9.17, 15) is 9.90 Å². The first kappa shape index (κ1) is 16.3. The van der Waals surface area contributed by atoms with E-state index in [1.165, 1.54) is 16.9 Å². The number of rotatable bonds is 3. The third-order valence-corrected chi connectivity index (χ3v) is 5.75. The number of hydrogen-bond donors (Lipinski definition) is 2. The standard InChI is InChI=1S/C19H21N3O2S/c1-11-6-7-12(2)13(8-11)15-9-22-16(10-25-19(22)21-15)18(24)20-14-4-3-5-17(14)23/h6-10,14,17,23H,3-5H2,1-2H3,(H,20,24)/t14-,17+/m0/s1. The molecule has 2 atom stereocenters. The lowest BCUT2D eigenvalue weighted by Gasteiger charge is -2.15. The maximum atomic E-state index is 12.6. The first-order chi connectivity index (χ1) is 12.0. The van der Waals surface area contributed by atoms with Gasteiger partial charge in [-0.25, -0.2) is 4.98 Å². The maximum Gasteiger partial charge on any atom is 0.269 e. The monoisotopic (exact) mass is 355 g/mol. The van der Waals surface area contributed by atoms with Crippen LogP contribution in [0.4, 0.5) is 0 Å². The maximum absolute atomic E-state index is 12.6. The van der Waals surface area contributed by atoms with E-state index in [0.717, 1.165) is 41.0 Å². The summed E-state index contributed by atoms with van der Waals surface area (Å²) in [6.07, 6.45) is 4.02. The van der Waals surface area contributed by atoms with Gasteiger partial charge in [0.15, 0.2) is 4.96 Å². The molecule has 2 heterocycles. The van der Waals surface area contributed by atoms with Crippen molar-refractivity contribution in [1.29, 1.82) is 0 Å². The fraction of sp³-hybridized carbons (Fsp3) is 0.368. The molecular formula is C19H21N3O2S. The predicted molar refractivity (Wildman–Crippen MR) is 99.1 cm³/mol. The summed E-state index contributed by atoms with van der Waals surface area (Å²) < 4.78 is 1.85. The fourth-order valence-electron chi connectivity index (χ4n) is 3.44. The topological polar surface area (TPSA) is 66.6 Å². The number of carbonyl (C=O) groups excluding carboxylic acids is 1. The second-order valence-electron chi connectivity index (χ2n) is 6.80. The Labute approximate surface area is 150 Å². The molecule has 4 rings (SSSR count). The minimum Gasteiger partial charge on any atom is -0.391 e. The molecule has 0 saturated heterocycles. The Morgan fingerprint density at radius 3 is 2.96 bits per heavy atom. The van der Waals surface area contributed by atoms with Gasteiger partial charge in [-0.2, -0.15) is 0 Å². The number of aliphatic hydroxyl groups is 1. The van der Waals surface area contributed by atoms with Crippen LogP contribution in [0.15, 0.2) is 29.8 Å². The number of carbonyl (C=O) groups is 1. The van der Waals surface area contributed by atoms with Crippen LogP contribution in [-0.4, -0.2) is 32.5 Å². The van der Waals surface area contributed by atoms with Crippen molar-refractivity contribution in [3.05, 3.63) is 46.6 Å². The molecule has 0 unspecified atom stereocenters. The van der Waals surface area contributed by atoms with Gasteiger partial charge in [0.05, 0.1) is 17.8 Å². The van der Waals surface area contributed by atoms with Gasteiger partial charge >= 0.3 is 0 Å². The minimum atomic E-state index is -0.439. The molecule has 1 amide bonds. The Morgan fingerprint density at radius 1 is 1.36 bits per heavy atom. The Hall–Kier alpha value is -2.18. The third-order valence-electron chi connectivity index (χ3n) is 4.91. The van der Waals surface area contributed by atoms with E-state index < -0.39 is 6.10 Å². The predicted octanol–water partition coefficient (Wildman–Crippen LogP) is 3.32. The van der Waals surface area contributed by atoms with Crippen LogP contribution in [0.1, 0.15) is 40.9 Å². The van der Waals surface area contributed by atoms with E-state index in [-0.39, 0.29) is 11.9 Å². The van der Waals surface area contributed by atoms with Crippen molar-refractivity contribution in [3.8, 4) is 11.3 Å². The van der Waals surface area contributed by atoms with Crippen LogP contribution in [-0.2, 0) is 0 Å². The number of benzene rings is 1. The number of aliphatic hydroxyl groups excluding tert-OH is 1. The van der Waals surface area contributed by atoms with Gasteiger partial charge in [-0.3, -0.25) is 9.20 Å². The largest absolute Gasteiger partial charge is 0.391 e. The van der Waals surface area contributed by atoms with Gasteiger partial charge in [-0.05, 0) is 44.7 Å². The van der Waals surface area contributed by atoms with Crippen LogP contribution in [0.2, 0.25) is 0 Å². The van der Waals surface area contributed by atoms with Gasteiger partial charge in [-0.15, -0.1) is 11.3 Å². The summed E-state index contributed by atoms with van der Waals surface area (Å²) in [7, 11) is 0. The highest BCUT2D eigenvalue weighted by molar-refractivity contribution is 7.15. The molecular weight excluding hydrogens is 334 g/mol. The van der Waals surface area contributed by atoms with Crippen LogP contribution < -0.4 is 5.32 Å². The fourth-order valence-corrected chi connectivity index (χ4v) is 4.29. The highest BCUT2D eigenvalue weighted by Crippen LogP contribution is 2.27. The zero-order valence-corrected chi connectivity index (χ0v) is 15.1. The summed E-state index contributed by atoms with van der Waals surface area (Å²) in [4.78, 5) is 18.1. The van der Waals surface area contributed by atoms with Crippen molar-refractivity contribution in [1.82, 2.24) is 14.7 Å². The molecule has 0 aliphatic heterocycles. The first-order valence-corrected chi connectivity index (χ1v) is 9.44. The number of aryl methyl sites for hydroxylation is 2. The van der Waals surface area contributed by atoms with E-state index in [0.29, 0.717) is 5.69 Å². The summed E-state index contributed by atoms with van der Waals surface area (Å²) in [5, 5.41) is 14.7. The quantitative estimate of drug-likeness (QED) is 0.757. The molecule has 3 aromatic rings. The van der Waals surface area contributed by atoms with E-state index in [4.69, 9.17) is 0 Å². The number of fused-ring (bicyclic) bond motifs is 1. The zero-order chi connectivity index (χ0) is 17.6. The summed E-state index contributed by atoms with van der Waals surface area (Å²) in [6, 6.07) is 6.15. The molecule has 1 fully saturated rings. The molecule has 130 valence electrons. The van der Waals surface area contributed by atoms with Crippen molar-refractivity contribution >= 4 is 22.2 Å². The molecule has 6 heteroatoms. The second kappa shape index (κ2) is 6.28. The second-order valence-corrected chi connectivity index (χ2v) is 7.63. The van der Waals surface area contributed by atoms with Crippen LogP contribution in [0, 0.1) is 13.8 Å². The molecule has 25 heavy (non-hydrogen) atoms. The van der Waals surface area contributed by atoms with Crippen LogP contribution >= 0.6 is 11.3 Å². The van der Waals surface area contributed by atoms with Crippen molar-refractivity contribution in [2.75, 3.05) is 0 Å². The molecule has 1 aliphatic rings. The van der Waals surface area contributed by atoms with Gasteiger partial charge in [0, 0.05) is 17.1 Å². The molecule has 0 radical (unpaired) electrons. The molecule has 0 spiro atoms. The molecule has 1 aliphatic carbocycles. The Balaban J connectivity index is 1.66. The summed E-state index contributed by atoms with van der Waals surface area (Å²) >= 11 is 1.46. The number of aromatic nitrogens is 2. The highest BCUT2D eigenvalue weighted by Gasteiger charge is 2.28. The van der Waals surface area contributed by atoms with Gasteiger partial charge in [0.25, 0.3) is 5.91 Å². The van der Waals surface area contributed by atoms with Crippen molar-refractivity contribution < 1.29 is 9.90 Å². The number of nitrogens with one attached hydrogen (secondary N) is 1. The lowest BCUT2D eigenvalue weighted by atomic mass is 10.0. The molecule has 0 bridgehead atoms. The van der Waals surface area contributed by atoms with Crippen LogP contribution in [0.3, 0.4) is 0 Å². The first-order valence-electron chi connectivity index (χ1n) is 8.56. The normalized spacial score (nSPS) is 20.3. The number of imidazole rings is 1. The van der Waals surface area contributed by atoms with Gasteiger partial charge in [0.1, 0.15) is 5.69 Å². The highest BCUT2D eigenvalue weighted by atomic mass is 32.1. The Morgan fingerprint density at radius 2 is 2.20 bits per heavy atom. The van der Waals surface area contributed by atoms with Crippen LogP contribution in [0.25, 0.3) is 16.2 Å². The molecule has 1 saturated carbocycles. The summed E-state index contributed by atoms with van der Waals surface area (Å²) in [5.41, 5.74) is 4.89. The van der Waals surface area contributed by atoms with Crippen molar-refractivity contribution in [2.24, 2.45) is 0 Å². The van der Waals surface area contributed by atoms with Gasteiger partial charge in [0.2, 0.25) is 0 Å². The van der Waals surface area contributed by atoms with Gasteiger partial charge < -0.3 is 10.4 Å². The minimum absolute atomic E-state index is 0.149. The van der Waals surface area contributed by atoms with Crippen molar-refractivity contribution in [3.63, 3.8) is 0 Å². The average molecular weight is 355 g/mol. The van der Waals surface area contributed by atoms with E-state index in [1.54, 1.807) is 0 Å². The zero-order valence-electron chi connectivity index (χ0n) is 14.3. The third kappa shape index (κ3) is 2.96. The SMILES string of the molecule is Cc1ccc(C)c(-c2cn3c(C(=O)N[C@H]4CCC[C@H]4O)csc3n2)c1. The Kier molecular flexibility index (Phi) is 4.09. The molecule has 5 nitrogen and oxygen atoms in total. The summed E-state index contributed by atoms with van der Waals surface area (Å²) in [5.74, 6) is -0.151. The van der Waals surface area contributed by atoms with Gasteiger partial charge in [-0.1, -0.05) is 17.7 Å². The van der Waals surface area contributed by atoms with E-state index >= 15 is 0 Å². The van der Waals surface area contributed by atoms with E-state index in [1.807, 2.05) is 16.0 Å². The molecule has 2 N–H and O–H groups in total. The number of thiazole rings is 1. The number of hydrogen-bond acceptors (Lipinski definition) is 4. The lowest BCUT2D eigenvalue weighted by Crippen LogP contribution is -2.40. The van der Waals surface area contributed by atoms with E-state index in [2.05, 4.69) is 42.3 Å². The lowest BCUT2D eigenvalue weighted by molar-refractivity contribution is 0.0868. The Bertz CT molecular complexity index is 943. The number of amides is 1. The molecule has 1 aromatic carbocycles.